The second-order valence-electron chi connectivity index (χ2n) is 6.66. The van der Waals surface area contributed by atoms with Gasteiger partial charge in [-0.2, -0.15) is 0 Å². The molecule has 1 aliphatic rings. The molecule has 2 N–H and O–H groups in total. The van der Waals surface area contributed by atoms with Crippen molar-refractivity contribution in [1.82, 2.24) is 15.2 Å². The predicted octanol–water partition coefficient (Wildman–Crippen LogP) is 1.36. The number of fused-ring (bicyclic) bond motifs is 1. The highest BCUT2D eigenvalue weighted by atomic mass is 16.2. The third-order valence-electron chi connectivity index (χ3n) is 4.83. The molecule has 1 aromatic carbocycles. The van der Waals surface area contributed by atoms with Crippen LogP contribution in [0, 0.1) is 12.3 Å². The standard InChI is InChI=1S/C22H20N4O4/c1-3-14-7-8-15(24-11-14)12-25-18-6-4-5-17-20(18)22(30)26(21(17)29)16(13-27)9-10-19(28)23-2/h1,4-8,11,13,16,25H,9-10,12H2,2H3,(H,23,28). The number of hydrogen-bond donors (Lipinski definition) is 2. The van der Waals surface area contributed by atoms with E-state index in [1.165, 1.54) is 7.05 Å². The summed E-state index contributed by atoms with van der Waals surface area (Å²) < 4.78 is 0. The van der Waals surface area contributed by atoms with Gasteiger partial charge in [-0.25, -0.2) is 0 Å². The Morgan fingerprint density at radius 2 is 2.07 bits per heavy atom. The number of carbonyl (C=O) groups is 4. The first kappa shape index (κ1) is 20.7. The van der Waals surface area contributed by atoms with Crippen molar-refractivity contribution >= 4 is 29.7 Å². The maximum atomic E-state index is 13.0. The number of aldehydes is 1. The van der Waals surface area contributed by atoms with E-state index in [2.05, 4.69) is 21.5 Å². The molecular weight excluding hydrogens is 384 g/mol. The lowest BCUT2D eigenvalue weighted by molar-refractivity contribution is -0.121. The highest BCUT2D eigenvalue weighted by Crippen LogP contribution is 2.31. The van der Waals surface area contributed by atoms with Crippen LogP contribution in [0.25, 0.3) is 0 Å². The number of pyridine rings is 1. The van der Waals surface area contributed by atoms with E-state index in [9.17, 15) is 19.2 Å². The molecule has 1 unspecified atom stereocenters. The lowest BCUT2D eigenvalue weighted by Gasteiger charge is -2.21. The Bertz CT molecular complexity index is 1040. The summed E-state index contributed by atoms with van der Waals surface area (Å²) in [5.41, 5.74) is 2.25. The third kappa shape index (κ3) is 4.05. The molecule has 0 aliphatic carbocycles. The number of nitrogens with one attached hydrogen (secondary N) is 2. The van der Waals surface area contributed by atoms with Crippen LogP contribution in [0.4, 0.5) is 5.69 Å². The van der Waals surface area contributed by atoms with Gasteiger partial charge in [0.15, 0.2) is 0 Å². The second kappa shape index (κ2) is 9.01. The molecule has 1 atom stereocenters. The van der Waals surface area contributed by atoms with Gasteiger partial charge in [-0.1, -0.05) is 12.0 Å². The van der Waals surface area contributed by atoms with E-state index < -0.39 is 17.9 Å². The summed E-state index contributed by atoms with van der Waals surface area (Å²) >= 11 is 0. The van der Waals surface area contributed by atoms with Crippen LogP contribution in [0.3, 0.4) is 0 Å². The number of imide groups is 1. The van der Waals surface area contributed by atoms with Crippen molar-refractivity contribution < 1.29 is 19.2 Å². The Hall–Kier alpha value is -3.99. The first-order valence-electron chi connectivity index (χ1n) is 9.32. The van der Waals surface area contributed by atoms with Gasteiger partial charge in [0, 0.05) is 30.9 Å². The van der Waals surface area contributed by atoms with Crippen LogP contribution >= 0.6 is 0 Å². The second-order valence-corrected chi connectivity index (χ2v) is 6.66. The van der Waals surface area contributed by atoms with Crippen molar-refractivity contribution in [2.75, 3.05) is 12.4 Å². The number of hydrogen-bond acceptors (Lipinski definition) is 6. The highest BCUT2D eigenvalue weighted by molar-refractivity contribution is 6.24. The van der Waals surface area contributed by atoms with Gasteiger partial charge in [0.2, 0.25) is 5.91 Å². The van der Waals surface area contributed by atoms with Gasteiger partial charge < -0.3 is 15.4 Å². The molecule has 8 nitrogen and oxygen atoms in total. The van der Waals surface area contributed by atoms with Gasteiger partial charge >= 0.3 is 0 Å². The Morgan fingerprint density at radius 3 is 2.70 bits per heavy atom. The number of terminal acetylenes is 1. The van der Waals surface area contributed by atoms with Gasteiger partial charge in [-0.05, 0) is 30.7 Å². The summed E-state index contributed by atoms with van der Waals surface area (Å²) in [6.07, 6.45) is 7.50. The average molecular weight is 404 g/mol. The van der Waals surface area contributed by atoms with Gasteiger partial charge in [0.05, 0.1) is 29.4 Å². The fourth-order valence-corrected chi connectivity index (χ4v) is 3.21. The van der Waals surface area contributed by atoms with Crippen molar-refractivity contribution in [3.63, 3.8) is 0 Å². The largest absolute Gasteiger partial charge is 0.379 e. The maximum absolute atomic E-state index is 13.0. The fourth-order valence-electron chi connectivity index (χ4n) is 3.21. The topological polar surface area (TPSA) is 108 Å². The van der Waals surface area contributed by atoms with E-state index in [0.29, 0.717) is 29.8 Å². The van der Waals surface area contributed by atoms with E-state index in [1.807, 2.05) is 0 Å². The Kier molecular flexibility index (Phi) is 6.23. The number of benzene rings is 1. The minimum atomic E-state index is -1.01. The van der Waals surface area contributed by atoms with Crippen LogP contribution in [0.15, 0.2) is 36.5 Å². The van der Waals surface area contributed by atoms with Gasteiger partial charge in [0.25, 0.3) is 11.8 Å². The Morgan fingerprint density at radius 1 is 1.27 bits per heavy atom. The molecule has 0 spiro atoms. The molecule has 3 amide bonds. The smallest absolute Gasteiger partial charge is 0.264 e. The SMILES string of the molecule is C#Cc1ccc(CNc2cccc3c2C(=O)N(C(C=O)CCC(=O)NC)C3=O)nc1. The molecular formula is C22H20N4O4. The number of aromatic nitrogens is 1. The molecule has 2 aromatic rings. The summed E-state index contributed by atoms with van der Waals surface area (Å²) in [5.74, 6) is 1.10. The van der Waals surface area contributed by atoms with Crippen LogP contribution in [-0.2, 0) is 16.1 Å². The predicted molar refractivity (Wildman–Crippen MR) is 110 cm³/mol. The van der Waals surface area contributed by atoms with Crippen LogP contribution < -0.4 is 10.6 Å². The van der Waals surface area contributed by atoms with Crippen LogP contribution in [0.5, 0.6) is 0 Å². The molecule has 2 heterocycles. The molecule has 0 saturated heterocycles. The number of rotatable bonds is 8. The zero-order chi connectivity index (χ0) is 21.7. The minimum Gasteiger partial charge on any atom is -0.379 e. The van der Waals surface area contributed by atoms with Crippen molar-refractivity contribution in [3.8, 4) is 12.3 Å². The van der Waals surface area contributed by atoms with Crippen molar-refractivity contribution in [2.45, 2.75) is 25.4 Å². The maximum Gasteiger partial charge on any atom is 0.264 e. The van der Waals surface area contributed by atoms with Gasteiger partial charge in [-0.3, -0.25) is 24.3 Å². The van der Waals surface area contributed by atoms with Crippen molar-refractivity contribution in [2.24, 2.45) is 0 Å². The first-order valence-corrected chi connectivity index (χ1v) is 9.32. The molecule has 1 aromatic heterocycles. The number of amides is 3. The summed E-state index contributed by atoms with van der Waals surface area (Å²) in [7, 11) is 1.48. The molecule has 30 heavy (non-hydrogen) atoms. The van der Waals surface area contributed by atoms with Crippen molar-refractivity contribution in [3.05, 3.63) is 58.9 Å². The minimum absolute atomic E-state index is 0.0255. The lowest BCUT2D eigenvalue weighted by Crippen LogP contribution is -2.41. The highest BCUT2D eigenvalue weighted by Gasteiger charge is 2.41. The molecule has 0 saturated carbocycles. The summed E-state index contributed by atoms with van der Waals surface area (Å²) in [4.78, 5) is 54.0. The van der Waals surface area contributed by atoms with Crippen LogP contribution in [0.1, 0.15) is 44.8 Å². The van der Waals surface area contributed by atoms with Crippen LogP contribution in [-0.4, -0.2) is 47.0 Å². The van der Waals surface area contributed by atoms with E-state index >= 15 is 0 Å². The third-order valence-corrected chi connectivity index (χ3v) is 4.83. The molecule has 0 fully saturated rings. The Balaban J connectivity index is 1.80. The summed E-state index contributed by atoms with van der Waals surface area (Å²) in [6.45, 7) is 0.316. The van der Waals surface area contributed by atoms with Crippen molar-refractivity contribution in [1.29, 1.82) is 0 Å². The number of nitrogens with zero attached hydrogens (tertiary/aromatic N) is 2. The number of anilines is 1. The van der Waals surface area contributed by atoms with E-state index in [4.69, 9.17) is 6.42 Å². The van der Waals surface area contributed by atoms with Gasteiger partial charge in [-0.15, -0.1) is 6.42 Å². The van der Waals surface area contributed by atoms with Gasteiger partial charge in [0.1, 0.15) is 6.29 Å². The van der Waals surface area contributed by atoms with Crippen LogP contribution in [0.2, 0.25) is 0 Å². The molecule has 0 radical (unpaired) electrons. The molecule has 1 aliphatic heterocycles. The Labute approximate surface area is 173 Å². The van der Waals surface area contributed by atoms with E-state index in [-0.39, 0.29) is 29.9 Å². The summed E-state index contributed by atoms with van der Waals surface area (Å²) in [5, 5.41) is 5.57. The fraction of sp³-hybridized carbons (Fsp3) is 0.227. The molecule has 152 valence electrons. The van der Waals surface area contributed by atoms with E-state index in [0.717, 1.165) is 4.90 Å². The quantitative estimate of drug-likeness (QED) is 0.391. The molecule has 0 bridgehead atoms. The lowest BCUT2D eigenvalue weighted by atomic mass is 10.1. The van der Waals surface area contributed by atoms with E-state index in [1.54, 1.807) is 36.5 Å². The molecule has 3 rings (SSSR count). The molecule has 8 heteroatoms. The zero-order valence-corrected chi connectivity index (χ0v) is 16.3. The first-order chi connectivity index (χ1) is 14.5. The number of carbonyl (C=O) groups excluding carboxylic acids is 4. The normalized spacial score (nSPS) is 13.4. The summed E-state index contributed by atoms with van der Waals surface area (Å²) in [6, 6.07) is 7.40. The zero-order valence-electron chi connectivity index (χ0n) is 16.3. The monoisotopic (exact) mass is 404 g/mol. The average Bonchev–Trinajstić information content (AvgIpc) is 3.04.